The van der Waals surface area contributed by atoms with Crippen molar-refractivity contribution in [3.05, 3.63) is 146 Å². The quantitative estimate of drug-likeness (QED) is 0.0314. The molecule has 696 valence electrons. The Morgan fingerprint density at radius 1 is 0.140 bits per heavy atom. The number of hydrogen-bond acceptors (Lipinski definition) is 12. The summed E-state index contributed by atoms with van der Waals surface area (Å²) in [6, 6.07) is 0. The van der Waals surface area contributed by atoms with Crippen molar-refractivity contribution in [2.75, 3.05) is 0 Å². The SMILES string of the molecule is CCCCC/C=C\C/C=C\CCCCCCCC(=O)[O-].CCCCC/C=C\C/C=C\CCCCCCCC(=O)[O-].CCCCC/C=C\C/C=C\CCCCCCCC(=O)[O-].CCCCC/C=C\C/C=C\CCCCCCCC(=O)[O-].CCCCC/C=C\C/C=C\CCCCCCCC(=O)[O-].CCCCC/C=C\C/C=C\CCCCCCCC(=O)[O-].[Mo+6]. The molecule has 0 bridgehead atoms. The van der Waals surface area contributed by atoms with Gasteiger partial charge in [-0.2, -0.15) is 0 Å². The minimum atomic E-state index is -0.921. The maximum Gasteiger partial charge on any atom is 6.00 e. The molecule has 0 N–H and O–H groups in total. The Hall–Kier alpha value is -5.61. The number of carbonyl (C=O) groups is 6. The Bertz CT molecular complexity index is 2040. The van der Waals surface area contributed by atoms with Gasteiger partial charge in [-0.05, 0) is 270 Å². The summed E-state index contributed by atoms with van der Waals surface area (Å²) in [6.45, 7) is 13.4. The van der Waals surface area contributed by atoms with Gasteiger partial charge in [-0.15, -0.1) is 0 Å². The number of hydrogen-bond donors (Lipinski definition) is 0. The number of aliphatic carboxylic acids is 6. The van der Waals surface area contributed by atoms with Gasteiger partial charge in [0.05, 0.1) is 0 Å². The Morgan fingerprint density at radius 2 is 0.231 bits per heavy atom. The number of carboxylic acids is 6. The maximum absolute atomic E-state index is 10.2. The third-order valence-corrected chi connectivity index (χ3v) is 20.0. The molecule has 13 heteroatoms. The summed E-state index contributed by atoms with van der Waals surface area (Å²) >= 11 is 0. The number of carboxylic acid groups (broad SMARTS) is 6. The zero-order valence-electron chi connectivity index (χ0n) is 79.1. The smallest absolute Gasteiger partial charge is 0.550 e. The first-order valence-corrected chi connectivity index (χ1v) is 49.6. The van der Waals surface area contributed by atoms with Crippen molar-refractivity contribution in [2.45, 2.75) is 504 Å². The number of rotatable bonds is 84. The van der Waals surface area contributed by atoms with Crippen LogP contribution in [0.1, 0.15) is 504 Å². The van der Waals surface area contributed by atoms with Crippen molar-refractivity contribution in [2.24, 2.45) is 0 Å². The molecule has 0 aliphatic carbocycles. The molecule has 0 rings (SSSR count). The summed E-state index contributed by atoms with van der Waals surface area (Å²) in [5, 5.41) is 61.2. The largest absolute Gasteiger partial charge is 6.00 e. The van der Waals surface area contributed by atoms with E-state index < -0.39 is 35.8 Å². The molecule has 0 radical (unpaired) electrons. The fourth-order valence-electron chi connectivity index (χ4n) is 12.5. The predicted molar refractivity (Wildman–Crippen MR) is 506 cm³/mol. The molecule has 0 aliphatic rings. The van der Waals surface area contributed by atoms with Crippen LogP contribution in [-0.4, -0.2) is 35.8 Å². The van der Waals surface area contributed by atoms with Gasteiger partial charge in [0.25, 0.3) is 0 Å². The summed E-state index contributed by atoms with van der Waals surface area (Å²) < 4.78 is 0. The van der Waals surface area contributed by atoms with Gasteiger partial charge in [-0.3, -0.25) is 0 Å². The molecule has 0 spiro atoms. The third-order valence-electron chi connectivity index (χ3n) is 20.0. The van der Waals surface area contributed by atoms with Crippen LogP contribution in [0.4, 0.5) is 0 Å². The Balaban J connectivity index is -0.000000257. The van der Waals surface area contributed by atoms with E-state index in [1.165, 1.54) is 231 Å². The fraction of sp³-hybridized carbons (Fsp3) is 0.722. The summed E-state index contributed by atoms with van der Waals surface area (Å²) in [7, 11) is 0. The normalized spacial score (nSPS) is 11.6. The van der Waals surface area contributed by atoms with E-state index >= 15 is 0 Å². The second-order valence-corrected chi connectivity index (χ2v) is 32.1. The van der Waals surface area contributed by atoms with Crippen LogP contribution < -0.4 is 30.6 Å². The topological polar surface area (TPSA) is 241 Å². The van der Waals surface area contributed by atoms with E-state index in [2.05, 4.69) is 187 Å². The van der Waals surface area contributed by atoms with Gasteiger partial charge in [0.15, 0.2) is 0 Å². The summed E-state index contributed by atoms with van der Waals surface area (Å²) in [6.07, 6.45) is 132. The molecule has 0 amide bonds. The first kappa shape index (κ1) is 129. The first-order valence-electron chi connectivity index (χ1n) is 49.6. The molecule has 0 aromatic rings. The average Bonchev–Trinajstić information content (AvgIpc) is 1.37. The average molecular weight is 1770 g/mol. The Morgan fingerprint density at radius 3 is 0.331 bits per heavy atom. The molecule has 0 atom stereocenters. The second-order valence-electron chi connectivity index (χ2n) is 32.1. The predicted octanol–water partition coefficient (Wildman–Crippen LogP) is 27.3. The minimum absolute atomic E-state index is 0. The summed E-state index contributed by atoms with van der Waals surface area (Å²) in [4.78, 5) is 61.2. The van der Waals surface area contributed by atoms with Crippen LogP contribution >= 0.6 is 0 Å². The van der Waals surface area contributed by atoms with E-state index in [0.29, 0.717) is 0 Å². The summed E-state index contributed by atoms with van der Waals surface area (Å²) in [5.41, 5.74) is 0. The molecular weight excluding hydrogens is 1590 g/mol. The van der Waals surface area contributed by atoms with Crippen molar-refractivity contribution in [1.29, 1.82) is 0 Å². The zero-order chi connectivity index (χ0) is 89.3. The van der Waals surface area contributed by atoms with Gasteiger partial charge in [-0.1, -0.05) is 380 Å². The van der Waals surface area contributed by atoms with E-state index in [1.54, 1.807) is 0 Å². The molecule has 12 nitrogen and oxygen atoms in total. The van der Waals surface area contributed by atoms with Gasteiger partial charge >= 0.3 is 21.1 Å². The molecule has 0 aromatic heterocycles. The van der Waals surface area contributed by atoms with E-state index in [-0.39, 0.29) is 59.6 Å². The fourth-order valence-corrected chi connectivity index (χ4v) is 12.5. The van der Waals surface area contributed by atoms with E-state index in [1.807, 2.05) is 0 Å². The monoisotopic (exact) mass is 1770 g/mol. The number of allylic oxidation sites excluding steroid dienone is 24. The van der Waals surface area contributed by atoms with E-state index in [9.17, 15) is 59.4 Å². The molecule has 0 unspecified atom stereocenters. The van der Waals surface area contributed by atoms with Crippen molar-refractivity contribution in [3.8, 4) is 0 Å². The van der Waals surface area contributed by atoms with Crippen LogP contribution in [0, 0.1) is 0 Å². The Kier molecular flexibility index (Phi) is 133. The molecule has 0 heterocycles. The summed E-state index contributed by atoms with van der Waals surface area (Å²) in [5.74, 6) is -5.52. The van der Waals surface area contributed by atoms with Crippen molar-refractivity contribution < 1.29 is 80.5 Å². The number of unbranched alkanes of at least 4 members (excludes halogenated alkanes) is 48. The van der Waals surface area contributed by atoms with Gasteiger partial charge in [0, 0.05) is 35.8 Å². The molecule has 121 heavy (non-hydrogen) atoms. The van der Waals surface area contributed by atoms with Crippen LogP contribution in [0.15, 0.2) is 146 Å². The van der Waals surface area contributed by atoms with Gasteiger partial charge in [0.2, 0.25) is 0 Å². The van der Waals surface area contributed by atoms with Crippen molar-refractivity contribution >= 4 is 35.8 Å². The molecule has 0 aliphatic heterocycles. The standard InChI is InChI=1S/6C18H32O2.Mo/c6*1-2-3-4-5-6-7-8-9-10-11-12-13-14-15-16-17-18(19)20;/h6*6-7,9-10H,2-5,8,11-17H2,1H3,(H,19,20);/q;;;;;;+6/p-6/b6*7-6-,10-9-;. The molecule has 0 fully saturated rings. The zero-order valence-corrected chi connectivity index (χ0v) is 81.1. The van der Waals surface area contributed by atoms with E-state index in [4.69, 9.17) is 0 Å². The minimum Gasteiger partial charge on any atom is -0.550 e. The van der Waals surface area contributed by atoms with Crippen molar-refractivity contribution in [1.82, 2.24) is 0 Å². The van der Waals surface area contributed by atoms with Crippen LogP contribution in [0.5, 0.6) is 0 Å². The Labute approximate surface area is 761 Å². The second kappa shape index (κ2) is 125. The van der Waals surface area contributed by atoms with Gasteiger partial charge in [0.1, 0.15) is 0 Å². The first-order chi connectivity index (χ1) is 58.6. The maximum atomic E-state index is 10.2. The third kappa shape index (κ3) is 156. The van der Waals surface area contributed by atoms with Crippen LogP contribution in [0.2, 0.25) is 0 Å². The molecular formula is C108H186MoO12. The van der Waals surface area contributed by atoms with Crippen LogP contribution in [0.3, 0.4) is 0 Å². The van der Waals surface area contributed by atoms with Gasteiger partial charge < -0.3 is 59.4 Å². The molecule has 0 saturated heterocycles. The van der Waals surface area contributed by atoms with Crippen LogP contribution in [-0.2, 0) is 49.8 Å². The number of carbonyl (C=O) groups excluding carboxylic acids is 6. The van der Waals surface area contributed by atoms with E-state index in [0.717, 1.165) is 193 Å². The molecule has 0 saturated carbocycles. The van der Waals surface area contributed by atoms with Crippen LogP contribution in [0.25, 0.3) is 0 Å². The van der Waals surface area contributed by atoms with Crippen molar-refractivity contribution in [3.63, 3.8) is 0 Å². The molecule has 0 aromatic carbocycles. The van der Waals surface area contributed by atoms with Gasteiger partial charge in [-0.25, -0.2) is 0 Å².